The fraction of sp³-hybridized carbons (Fsp3) is 0.562. The number of hydrogen-bond donors (Lipinski definition) is 2. The van der Waals surface area contributed by atoms with Gasteiger partial charge in [0.05, 0.1) is 13.0 Å². The minimum atomic E-state index is -3.58. The second kappa shape index (κ2) is 8.95. The molecule has 26 heavy (non-hydrogen) atoms. The van der Waals surface area contributed by atoms with Gasteiger partial charge in [0.15, 0.2) is 5.96 Å². The molecule has 9 nitrogen and oxygen atoms in total. The quantitative estimate of drug-likeness (QED) is 0.299. The fourth-order valence-corrected chi connectivity index (χ4v) is 3.87. The van der Waals surface area contributed by atoms with Crippen molar-refractivity contribution in [2.75, 3.05) is 40.3 Å². The van der Waals surface area contributed by atoms with Crippen molar-refractivity contribution >= 4 is 22.0 Å². The minimum absolute atomic E-state index is 0.124. The van der Waals surface area contributed by atoms with Gasteiger partial charge in [0, 0.05) is 45.6 Å². The van der Waals surface area contributed by atoms with Crippen molar-refractivity contribution < 1.29 is 17.9 Å². The third-order valence-electron chi connectivity index (χ3n) is 4.27. The number of ether oxygens (including phenoxy) is 1. The van der Waals surface area contributed by atoms with Crippen molar-refractivity contribution in [3.63, 3.8) is 0 Å². The first-order valence-electron chi connectivity index (χ1n) is 8.32. The molecule has 0 radical (unpaired) electrons. The number of nitrogens with zero attached hydrogens (tertiary/aromatic N) is 3. The number of sulfonamides is 1. The molecule has 1 aliphatic heterocycles. The maximum absolute atomic E-state index is 12.1. The molecule has 1 aromatic heterocycles. The summed E-state index contributed by atoms with van der Waals surface area (Å²) in [6.07, 6.45) is 2.82. The van der Waals surface area contributed by atoms with Crippen molar-refractivity contribution in [2.45, 2.75) is 11.8 Å². The summed E-state index contributed by atoms with van der Waals surface area (Å²) in [7, 11) is -0.544. The average molecular weight is 383 g/mol. The number of aromatic nitrogens is 1. The molecule has 1 fully saturated rings. The number of nitrogens with one attached hydrogen (secondary N) is 2. The lowest BCUT2D eigenvalue weighted by Crippen LogP contribution is -2.43. The molecule has 1 aliphatic rings. The second-order valence-corrected chi connectivity index (χ2v) is 7.84. The predicted molar refractivity (Wildman–Crippen MR) is 97.0 cm³/mol. The van der Waals surface area contributed by atoms with E-state index in [2.05, 4.69) is 20.0 Å². The fourth-order valence-electron chi connectivity index (χ4n) is 2.88. The Hall–Kier alpha value is -2.20. The van der Waals surface area contributed by atoms with Crippen LogP contribution in [0.1, 0.15) is 6.92 Å². The maximum atomic E-state index is 12.1. The van der Waals surface area contributed by atoms with E-state index in [-0.39, 0.29) is 29.2 Å². The zero-order valence-electron chi connectivity index (χ0n) is 15.2. The molecule has 0 bridgehead atoms. The van der Waals surface area contributed by atoms with Crippen LogP contribution in [0.4, 0.5) is 0 Å². The normalized spacial score (nSPS) is 20.9. The molecule has 2 atom stereocenters. The number of hydrogen-bond acceptors (Lipinski definition) is 6. The SMILES string of the molecule is CN=C(NCCNS(=O)(=O)c1cccnc1)N1CC(C)C(C(=O)OC)C1. The molecule has 0 aromatic carbocycles. The lowest BCUT2D eigenvalue weighted by molar-refractivity contribution is -0.145. The van der Waals surface area contributed by atoms with Gasteiger partial charge in [-0.15, -0.1) is 0 Å². The van der Waals surface area contributed by atoms with Crippen LogP contribution in [0, 0.1) is 11.8 Å². The summed E-state index contributed by atoms with van der Waals surface area (Å²) in [4.78, 5) is 21.9. The number of carbonyl (C=O) groups is 1. The molecule has 144 valence electrons. The van der Waals surface area contributed by atoms with Gasteiger partial charge >= 0.3 is 5.97 Å². The summed E-state index contributed by atoms with van der Waals surface area (Å²) < 4.78 is 31.6. The van der Waals surface area contributed by atoms with Crippen LogP contribution in [0.5, 0.6) is 0 Å². The van der Waals surface area contributed by atoms with Crippen LogP contribution in [0.3, 0.4) is 0 Å². The van der Waals surface area contributed by atoms with Crippen LogP contribution in [-0.4, -0.2) is 70.6 Å². The molecule has 2 heterocycles. The Labute approximate surface area is 153 Å². The number of esters is 1. The number of pyridine rings is 1. The first-order chi connectivity index (χ1) is 12.4. The smallest absolute Gasteiger partial charge is 0.310 e. The summed E-state index contributed by atoms with van der Waals surface area (Å²) in [6, 6.07) is 3.06. The van der Waals surface area contributed by atoms with Gasteiger partial charge in [0.25, 0.3) is 0 Å². The van der Waals surface area contributed by atoms with Crippen molar-refractivity contribution in [1.82, 2.24) is 19.9 Å². The van der Waals surface area contributed by atoms with Crippen LogP contribution in [0.2, 0.25) is 0 Å². The van der Waals surface area contributed by atoms with E-state index in [1.165, 1.54) is 25.6 Å². The third-order valence-corrected chi connectivity index (χ3v) is 5.72. The van der Waals surface area contributed by atoms with Crippen molar-refractivity contribution in [3.05, 3.63) is 24.5 Å². The first-order valence-corrected chi connectivity index (χ1v) is 9.80. The summed E-state index contributed by atoms with van der Waals surface area (Å²) in [6.45, 7) is 3.76. The van der Waals surface area contributed by atoms with E-state index in [9.17, 15) is 13.2 Å². The average Bonchev–Trinajstić information content (AvgIpc) is 3.03. The number of carbonyl (C=O) groups excluding carboxylic acids is 1. The first kappa shape index (κ1) is 20.1. The number of aliphatic imine (C=N–C) groups is 1. The molecule has 0 amide bonds. The lowest BCUT2D eigenvalue weighted by Gasteiger charge is -2.21. The summed E-state index contributed by atoms with van der Waals surface area (Å²) >= 11 is 0. The molecule has 2 N–H and O–H groups in total. The summed E-state index contributed by atoms with van der Waals surface area (Å²) in [5, 5.41) is 3.11. The van der Waals surface area contributed by atoms with Crippen molar-refractivity contribution in [1.29, 1.82) is 0 Å². The van der Waals surface area contributed by atoms with Gasteiger partial charge in [-0.25, -0.2) is 13.1 Å². The van der Waals surface area contributed by atoms with Gasteiger partial charge in [0.2, 0.25) is 10.0 Å². The molecule has 1 saturated heterocycles. The Bertz CT molecular complexity index is 738. The molecule has 0 aliphatic carbocycles. The predicted octanol–water partition coefficient (Wildman–Crippen LogP) is -0.324. The largest absolute Gasteiger partial charge is 0.469 e. The van der Waals surface area contributed by atoms with E-state index in [1.54, 1.807) is 13.1 Å². The highest BCUT2D eigenvalue weighted by atomic mass is 32.2. The highest BCUT2D eigenvalue weighted by Gasteiger charge is 2.36. The van der Waals surface area contributed by atoms with E-state index in [0.717, 1.165) is 0 Å². The van der Waals surface area contributed by atoms with E-state index in [1.807, 2.05) is 11.8 Å². The van der Waals surface area contributed by atoms with Gasteiger partial charge < -0.3 is 15.0 Å². The van der Waals surface area contributed by atoms with Gasteiger partial charge in [-0.05, 0) is 18.1 Å². The molecule has 2 unspecified atom stereocenters. The zero-order chi connectivity index (χ0) is 19.2. The molecule has 2 rings (SSSR count). The van der Waals surface area contributed by atoms with Crippen LogP contribution in [0.25, 0.3) is 0 Å². The molecular weight excluding hydrogens is 358 g/mol. The van der Waals surface area contributed by atoms with Gasteiger partial charge in [-0.3, -0.25) is 14.8 Å². The lowest BCUT2D eigenvalue weighted by atomic mass is 9.99. The van der Waals surface area contributed by atoms with E-state index >= 15 is 0 Å². The number of likely N-dealkylation sites (tertiary alicyclic amines) is 1. The maximum Gasteiger partial charge on any atom is 0.310 e. The van der Waals surface area contributed by atoms with Crippen LogP contribution >= 0.6 is 0 Å². The Morgan fingerprint density at radius 3 is 2.81 bits per heavy atom. The number of guanidine groups is 1. The van der Waals surface area contributed by atoms with E-state index < -0.39 is 10.0 Å². The minimum Gasteiger partial charge on any atom is -0.469 e. The Morgan fingerprint density at radius 1 is 1.42 bits per heavy atom. The molecule has 10 heteroatoms. The van der Waals surface area contributed by atoms with Crippen LogP contribution in [0.15, 0.2) is 34.4 Å². The number of rotatable bonds is 6. The summed E-state index contributed by atoms with van der Waals surface area (Å²) in [5.74, 6) is 0.372. The molecular formula is C16H25N5O4S. The molecule has 0 saturated carbocycles. The topological polar surface area (TPSA) is 113 Å². The van der Waals surface area contributed by atoms with Gasteiger partial charge in [0.1, 0.15) is 4.90 Å². The highest BCUT2D eigenvalue weighted by molar-refractivity contribution is 7.89. The Morgan fingerprint density at radius 2 is 2.19 bits per heavy atom. The molecule has 0 spiro atoms. The van der Waals surface area contributed by atoms with Crippen molar-refractivity contribution in [2.24, 2.45) is 16.8 Å². The summed E-state index contributed by atoms with van der Waals surface area (Å²) in [5.41, 5.74) is 0. The van der Waals surface area contributed by atoms with E-state index in [0.29, 0.717) is 25.6 Å². The molecule has 1 aromatic rings. The Kier molecular flexibility index (Phi) is 6.92. The monoisotopic (exact) mass is 383 g/mol. The third kappa shape index (κ3) is 4.92. The standard InChI is InChI=1S/C16H25N5O4S/c1-12-10-21(11-14(12)15(22)25-3)16(17-2)19-7-8-20-26(23,24)13-5-4-6-18-9-13/h4-6,9,12,14,20H,7-8,10-11H2,1-3H3,(H,17,19). The van der Waals surface area contributed by atoms with Crippen molar-refractivity contribution in [3.8, 4) is 0 Å². The second-order valence-electron chi connectivity index (χ2n) is 6.07. The number of methoxy groups -OCH3 is 1. The van der Waals surface area contributed by atoms with Gasteiger partial charge in [-0.1, -0.05) is 6.92 Å². The Balaban J connectivity index is 1.84. The van der Waals surface area contributed by atoms with Crippen LogP contribution < -0.4 is 10.0 Å². The van der Waals surface area contributed by atoms with Crippen LogP contribution in [-0.2, 0) is 19.6 Å². The zero-order valence-corrected chi connectivity index (χ0v) is 16.0. The van der Waals surface area contributed by atoms with E-state index in [4.69, 9.17) is 4.74 Å². The van der Waals surface area contributed by atoms with Gasteiger partial charge in [-0.2, -0.15) is 0 Å². The highest BCUT2D eigenvalue weighted by Crippen LogP contribution is 2.23.